The normalized spacial score (nSPS) is 13.8. The highest BCUT2D eigenvalue weighted by Gasteiger charge is 2.72. The van der Waals surface area contributed by atoms with Crippen LogP contribution in [-0.2, 0) is 5.41 Å². The van der Waals surface area contributed by atoms with Gasteiger partial charge in [-0.25, -0.2) is 24.0 Å². The van der Waals surface area contributed by atoms with Crippen molar-refractivity contribution in [1.29, 1.82) is 0 Å². The van der Waals surface area contributed by atoms with E-state index in [1.165, 1.54) is 0 Å². The molecule has 0 saturated heterocycles. The first-order chi connectivity index (χ1) is 18.4. The lowest BCUT2D eigenvalue weighted by Gasteiger charge is -2.38. The van der Waals surface area contributed by atoms with Gasteiger partial charge in [0.25, 0.3) is 16.3 Å². The van der Waals surface area contributed by atoms with E-state index in [1.54, 1.807) is 0 Å². The highest BCUT2D eigenvalue weighted by atomic mass is 19.4. The second-order valence-corrected chi connectivity index (χ2v) is 7.96. The van der Waals surface area contributed by atoms with E-state index >= 15 is 0 Å². The third-order valence-electron chi connectivity index (χ3n) is 5.80. The van der Waals surface area contributed by atoms with Crippen molar-refractivity contribution in [3.8, 4) is 0 Å². The van der Waals surface area contributed by atoms with Crippen molar-refractivity contribution < 1.29 is 39.6 Å². The number of hydrogen-bond donors (Lipinski definition) is 0. The van der Waals surface area contributed by atoms with Crippen LogP contribution >= 0.6 is 0 Å². The zero-order valence-electron chi connectivity index (χ0n) is 18.7. The highest BCUT2D eigenvalue weighted by molar-refractivity contribution is 5.84. The van der Waals surface area contributed by atoms with Crippen LogP contribution in [0.5, 0.6) is 0 Å². The summed E-state index contributed by atoms with van der Waals surface area (Å²) in [6.45, 7) is 0. The summed E-state index contributed by atoms with van der Waals surface area (Å²) in [6, 6.07) is 0.0638. The van der Waals surface area contributed by atoms with E-state index < -0.39 is 95.1 Å². The fraction of sp³-hybridized carbons (Fsp3) is 0.130. The lowest BCUT2D eigenvalue weighted by Crippen LogP contribution is -2.54. The molecule has 0 atom stereocenters. The molecule has 2 heterocycles. The lowest BCUT2D eigenvalue weighted by molar-refractivity contribution is -0.288. The van der Waals surface area contributed by atoms with Gasteiger partial charge in [-0.2, -0.15) is 26.3 Å². The first-order valence-electron chi connectivity index (χ1n) is 10.2. The van der Waals surface area contributed by atoms with Gasteiger partial charge in [0.1, 0.15) is 0 Å². The minimum atomic E-state index is -6.34. The highest BCUT2D eigenvalue weighted by Crippen LogP contribution is 2.56. The van der Waals surface area contributed by atoms with E-state index in [0.717, 1.165) is 0 Å². The van der Waals surface area contributed by atoms with Crippen LogP contribution in [0.1, 0.15) is 11.1 Å². The summed E-state index contributed by atoms with van der Waals surface area (Å²) in [5.41, 5.74) is -24.1. The van der Waals surface area contributed by atoms with Crippen molar-refractivity contribution >= 4 is 21.5 Å². The van der Waals surface area contributed by atoms with E-state index in [-0.39, 0.29) is 36.4 Å². The number of halogens is 6. The van der Waals surface area contributed by atoms with E-state index in [1.807, 2.05) is 0 Å². The summed E-state index contributed by atoms with van der Waals surface area (Å²) < 4.78 is 99.5. The van der Waals surface area contributed by atoms with Crippen molar-refractivity contribution in [2.45, 2.75) is 17.8 Å². The molecule has 17 heteroatoms. The molecule has 11 nitrogen and oxygen atoms in total. The Kier molecular flexibility index (Phi) is 6.20. The van der Waals surface area contributed by atoms with Crippen LogP contribution in [0.25, 0.3) is 21.5 Å². The predicted octanol–water partition coefficient (Wildman–Crippen LogP) is 0.502. The third-order valence-corrected chi connectivity index (χ3v) is 5.80. The molecule has 0 aliphatic carbocycles. The van der Waals surface area contributed by atoms with Gasteiger partial charge in [0.05, 0.1) is 5.39 Å². The van der Waals surface area contributed by atoms with Crippen molar-refractivity contribution in [3.05, 3.63) is 130 Å². The van der Waals surface area contributed by atoms with Crippen LogP contribution in [-0.4, -0.2) is 12.4 Å². The Morgan fingerprint density at radius 1 is 0.475 bits per heavy atom. The fourth-order valence-electron chi connectivity index (χ4n) is 4.07. The van der Waals surface area contributed by atoms with Gasteiger partial charge in [-0.1, -0.05) is 12.1 Å². The van der Waals surface area contributed by atoms with E-state index in [4.69, 9.17) is 0 Å². The Morgan fingerprint density at radius 2 is 0.850 bits per heavy atom. The Hall–Kier alpha value is -5.22. The van der Waals surface area contributed by atoms with Crippen LogP contribution in [0.4, 0.5) is 26.3 Å². The SMILES string of the molecule is O=c1oc(=O)c(=O)c2ccc3cc2c(=O)oc(=O)c(=O)c2cc(ccc2c(=O)c(=O)o1)C3(C(F)(F)F)C(F)(F)F. The molecule has 0 saturated carbocycles. The van der Waals surface area contributed by atoms with Crippen LogP contribution in [0.15, 0.2) is 88.0 Å². The van der Waals surface area contributed by atoms with Gasteiger partial charge >= 0.3 is 40.7 Å². The molecule has 1 aliphatic rings. The molecule has 2 aromatic carbocycles. The molecule has 0 fully saturated rings. The molecule has 0 unspecified atom stereocenters. The van der Waals surface area contributed by atoms with Crippen molar-refractivity contribution in [3.63, 3.8) is 0 Å². The number of hydrogen-bond acceptors (Lipinski definition) is 11. The standard InChI is InChI=1S/C23H6F6O11/c24-22(25,26)21(23(27,28)29)7-1-3-9-11(5-7)15(32)17(34)38-16(33)12-6-8(21)2-4-10(12)14(31)19(36)40-20(37)39-18(35)13(9)30/h1-6H. The quantitative estimate of drug-likeness (QED) is 0.271. The summed E-state index contributed by atoms with van der Waals surface area (Å²) in [7, 11) is 0. The average Bonchev–Trinajstić information content (AvgIpc) is 2.85. The summed E-state index contributed by atoms with van der Waals surface area (Å²) in [6.07, 6.45) is -12.7. The van der Waals surface area contributed by atoms with Gasteiger partial charge in [-0.05, 0) is 35.4 Å². The zero-order valence-corrected chi connectivity index (χ0v) is 18.7. The molecule has 0 N–H and O–H groups in total. The monoisotopic (exact) mass is 572 g/mol. The fourth-order valence-corrected chi connectivity index (χ4v) is 4.07. The summed E-state index contributed by atoms with van der Waals surface area (Å²) in [4.78, 5) is 98.9. The molecular formula is C23H6F6O11. The number of fused-ring (bicyclic) bond motifs is 5. The second kappa shape index (κ2) is 8.92. The first-order valence-corrected chi connectivity index (χ1v) is 10.2. The molecule has 40 heavy (non-hydrogen) atoms. The second-order valence-electron chi connectivity index (χ2n) is 7.96. The van der Waals surface area contributed by atoms with Crippen LogP contribution in [0.2, 0.25) is 0 Å². The summed E-state index contributed by atoms with van der Waals surface area (Å²) in [5, 5.41) is -5.84. The topological polar surface area (TPSA) is 176 Å². The van der Waals surface area contributed by atoms with Crippen LogP contribution in [0, 0.1) is 0 Å². The summed E-state index contributed by atoms with van der Waals surface area (Å²) >= 11 is 0. The number of alkyl halides is 6. The first kappa shape index (κ1) is 27.8. The molecule has 1 aromatic heterocycles. The van der Waals surface area contributed by atoms with Gasteiger partial charge in [0, 0.05) is 16.2 Å². The molecular weight excluding hydrogens is 566 g/mol. The Morgan fingerprint density at radius 3 is 1.30 bits per heavy atom. The molecule has 0 spiro atoms. The van der Waals surface area contributed by atoms with Gasteiger partial charge in [-0.15, -0.1) is 0 Å². The van der Waals surface area contributed by atoms with Crippen LogP contribution < -0.4 is 44.6 Å². The maximum Gasteiger partial charge on any atom is 0.524 e. The van der Waals surface area contributed by atoms with Crippen LogP contribution in [0.3, 0.4) is 0 Å². The van der Waals surface area contributed by atoms with Gasteiger partial charge < -0.3 is 13.3 Å². The Bertz CT molecular complexity index is 2200. The molecule has 206 valence electrons. The number of benzene rings is 2. The molecule has 3 aromatic rings. The minimum Gasteiger partial charge on any atom is -0.383 e. The van der Waals surface area contributed by atoms with E-state index in [2.05, 4.69) is 13.3 Å². The maximum atomic E-state index is 14.6. The lowest BCUT2D eigenvalue weighted by atomic mass is 9.72. The molecule has 4 rings (SSSR count). The largest absolute Gasteiger partial charge is 0.524 e. The van der Waals surface area contributed by atoms with Gasteiger partial charge in [0.15, 0.2) is 0 Å². The van der Waals surface area contributed by atoms with Crippen molar-refractivity contribution in [2.75, 3.05) is 0 Å². The van der Waals surface area contributed by atoms with E-state index in [0.29, 0.717) is 0 Å². The molecule has 0 radical (unpaired) electrons. The van der Waals surface area contributed by atoms with Gasteiger partial charge in [0.2, 0.25) is 5.41 Å². The maximum absolute atomic E-state index is 14.6. The zero-order chi connectivity index (χ0) is 29.9. The Balaban J connectivity index is 2.68. The molecule has 4 bridgehead atoms. The number of rotatable bonds is 0. The average molecular weight is 572 g/mol. The smallest absolute Gasteiger partial charge is 0.383 e. The third kappa shape index (κ3) is 4.02. The molecule has 1 aliphatic heterocycles. The van der Waals surface area contributed by atoms with Crippen molar-refractivity contribution in [1.82, 2.24) is 0 Å². The minimum absolute atomic E-state index is 0.0514. The summed E-state index contributed by atoms with van der Waals surface area (Å²) in [5.74, 6) is -2.28. The van der Waals surface area contributed by atoms with Gasteiger partial charge in [-0.3, -0.25) is 14.4 Å². The van der Waals surface area contributed by atoms with E-state index in [9.17, 15) is 64.7 Å². The Labute approximate surface area is 210 Å². The predicted molar refractivity (Wildman–Crippen MR) is 119 cm³/mol. The molecule has 0 amide bonds. The van der Waals surface area contributed by atoms with Crippen molar-refractivity contribution in [2.24, 2.45) is 0 Å².